The summed E-state index contributed by atoms with van der Waals surface area (Å²) in [7, 11) is 0. The minimum atomic E-state index is -0.00681. The van der Waals surface area contributed by atoms with E-state index in [1.54, 1.807) is 0 Å². The lowest BCUT2D eigenvalue weighted by atomic mass is 9.73. The number of benzene rings is 1. The van der Waals surface area contributed by atoms with Gasteiger partial charge < -0.3 is 15.1 Å². The Bertz CT molecular complexity index is 728. The molecule has 140 valence electrons. The standard InChI is InChI=1S/C21H29N3O2/c1-15-5-3-6-18(16(15)2)22-20(26)23-12-4-10-21(13-23)11-9-19(25)24(14-21)17-7-8-17/h3,5-6,17H,4,7-14H2,1-2H3,(H,22,26)/t21-/m0/s1. The van der Waals surface area contributed by atoms with Gasteiger partial charge in [0.25, 0.3) is 0 Å². The van der Waals surface area contributed by atoms with Crippen molar-refractivity contribution in [3.05, 3.63) is 29.3 Å². The maximum absolute atomic E-state index is 12.9. The molecule has 4 rings (SSSR count). The van der Waals surface area contributed by atoms with Crippen LogP contribution >= 0.6 is 0 Å². The highest BCUT2D eigenvalue weighted by molar-refractivity contribution is 5.90. The van der Waals surface area contributed by atoms with E-state index in [0.717, 1.165) is 63.0 Å². The van der Waals surface area contributed by atoms with Crippen molar-refractivity contribution in [1.29, 1.82) is 0 Å². The van der Waals surface area contributed by atoms with Crippen molar-refractivity contribution in [1.82, 2.24) is 9.80 Å². The number of aryl methyl sites for hydroxylation is 1. The zero-order valence-electron chi connectivity index (χ0n) is 15.9. The molecule has 0 radical (unpaired) electrons. The number of hydrogen-bond acceptors (Lipinski definition) is 2. The zero-order chi connectivity index (χ0) is 18.3. The van der Waals surface area contributed by atoms with Crippen LogP contribution in [0, 0.1) is 19.3 Å². The minimum absolute atomic E-state index is 0.00681. The summed E-state index contributed by atoms with van der Waals surface area (Å²) in [5, 5.41) is 3.10. The molecule has 5 heteroatoms. The quantitative estimate of drug-likeness (QED) is 0.879. The van der Waals surface area contributed by atoms with Gasteiger partial charge in [-0.25, -0.2) is 4.79 Å². The van der Waals surface area contributed by atoms with Crippen LogP contribution in [0.25, 0.3) is 0 Å². The molecule has 1 aromatic carbocycles. The third-order valence-electron chi connectivity index (χ3n) is 6.48. The highest BCUT2D eigenvalue weighted by Crippen LogP contribution is 2.42. The summed E-state index contributed by atoms with van der Waals surface area (Å²) in [6.07, 6.45) is 6.01. The van der Waals surface area contributed by atoms with Crippen molar-refractivity contribution in [2.75, 3.05) is 25.0 Å². The minimum Gasteiger partial charge on any atom is -0.339 e. The van der Waals surface area contributed by atoms with E-state index in [1.165, 1.54) is 5.56 Å². The number of piperidine rings is 2. The van der Waals surface area contributed by atoms with Gasteiger partial charge in [0.15, 0.2) is 0 Å². The van der Waals surface area contributed by atoms with Gasteiger partial charge in [0.1, 0.15) is 0 Å². The van der Waals surface area contributed by atoms with Crippen molar-refractivity contribution < 1.29 is 9.59 Å². The summed E-state index contributed by atoms with van der Waals surface area (Å²) in [6.45, 7) is 6.51. The number of hydrogen-bond donors (Lipinski definition) is 1. The molecule has 3 fully saturated rings. The Morgan fingerprint density at radius 2 is 2.00 bits per heavy atom. The molecule has 5 nitrogen and oxygen atoms in total. The lowest BCUT2D eigenvalue weighted by molar-refractivity contribution is -0.139. The van der Waals surface area contributed by atoms with Crippen LogP contribution in [-0.2, 0) is 4.79 Å². The van der Waals surface area contributed by atoms with E-state index in [-0.39, 0.29) is 11.4 Å². The molecule has 0 aromatic heterocycles. The normalized spacial score (nSPS) is 26.3. The van der Waals surface area contributed by atoms with E-state index in [0.29, 0.717) is 18.4 Å². The Balaban J connectivity index is 1.45. The molecule has 1 spiro atoms. The van der Waals surface area contributed by atoms with Crippen molar-refractivity contribution in [2.45, 2.75) is 58.4 Å². The number of amides is 3. The Kier molecular flexibility index (Phi) is 4.41. The van der Waals surface area contributed by atoms with Crippen LogP contribution in [0.4, 0.5) is 10.5 Å². The first-order valence-electron chi connectivity index (χ1n) is 9.89. The highest BCUT2D eigenvalue weighted by atomic mass is 16.2. The topological polar surface area (TPSA) is 52.7 Å². The second-order valence-electron chi connectivity index (χ2n) is 8.46. The number of likely N-dealkylation sites (tertiary alicyclic amines) is 2. The van der Waals surface area contributed by atoms with Crippen LogP contribution in [0.5, 0.6) is 0 Å². The Morgan fingerprint density at radius 3 is 2.77 bits per heavy atom. The number of rotatable bonds is 2. The largest absolute Gasteiger partial charge is 0.339 e. The molecule has 2 heterocycles. The van der Waals surface area contributed by atoms with E-state index in [4.69, 9.17) is 0 Å². The third kappa shape index (κ3) is 3.31. The first-order valence-corrected chi connectivity index (χ1v) is 9.89. The second-order valence-corrected chi connectivity index (χ2v) is 8.46. The summed E-state index contributed by atoms with van der Waals surface area (Å²) in [5.41, 5.74) is 3.29. The van der Waals surface area contributed by atoms with Crippen molar-refractivity contribution in [2.24, 2.45) is 5.41 Å². The maximum atomic E-state index is 12.9. The molecule has 26 heavy (non-hydrogen) atoms. The predicted molar refractivity (Wildman–Crippen MR) is 102 cm³/mol. The van der Waals surface area contributed by atoms with Crippen LogP contribution < -0.4 is 5.32 Å². The molecule has 1 saturated carbocycles. The number of nitrogens with one attached hydrogen (secondary N) is 1. The molecule has 0 unspecified atom stereocenters. The molecular weight excluding hydrogens is 326 g/mol. The molecule has 1 atom stereocenters. The van der Waals surface area contributed by atoms with Crippen LogP contribution in [0.15, 0.2) is 18.2 Å². The molecule has 1 aromatic rings. The molecule has 1 N–H and O–H groups in total. The summed E-state index contributed by atoms with van der Waals surface area (Å²) in [4.78, 5) is 29.2. The maximum Gasteiger partial charge on any atom is 0.321 e. The summed E-state index contributed by atoms with van der Waals surface area (Å²) in [6, 6.07) is 6.47. The zero-order valence-corrected chi connectivity index (χ0v) is 15.9. The monoisotopic (exact) mass is 355 g/mol. The molecule has 2 aliphatic heterocycles. The number of carbonyl (C=O) groups excluding carboxylic acids is 2. The lowest BCUT2D eigenvalue weighted by Crippen LogP contribution is -2.56. The fraction of sp³-hybridized carbons (Fsp3) is 0.619. The summed E-state index contributed by atoms with van der Waals surface area (Å²) >= 11 is 0. The summed E-state index contributed by atoms with van der Waals surface area (Å²) < 4.78 is 0. The first-order chi connectivity index (χ1) is 12.5. The Hall–Kier alpha value is -2.04. The predicted octanol–water partition coefficient (Wildman–Crippen LogP) is 3.70. The molecular formula is C21H29N3O2. The van der Waals surface area contributed by atoms with Gasteiger partial charge in [0, 0.05) is 43.2 Å². The molecule has 2 saturated heterocycles. The van der Waals surface area contributed by atoms with Crippen LogP contribution in [0.3, 0.4) is 0 Å². The molecule has 3 aliphatic rings. The van der Waals surface area contributed by atoms with Crippen LogP contribution in [-0.4, -0.2) is 47.4 Å². The number of anilines is 1. The first kappa shape index (κ1) is 17.4. The van der Waals surface area contributed by atoms with E-state index in [1.807, 2.05) is 24.0 Å². The van der Waals surface area contributed by atoms with E-state index < -0.39 is 0 Å². The molecule has 3 amide bonds. The smallest absolute Gasteiger partial charge is 0.321 e. The van der Waals surface area contributed by atoms with Gasteiger partial charge in [0.2, 0.25) is 5.91 Å². The van der Waals surface area contributed by atoms with Crippen LogP contribution in [0.2, 0.25) is 0 Å². The lowest BCUT2D eigenvalue weighted by Gasteiger charge is -2.48. The van der Waals surface area contributed by atoms with Gasteiger partial charge in [-0.05, 0) is 63.1 Å². The number of nitrogens with zero attached hydrogens (tertiary/aromatic N) is 2. The van der Waals surface area contributed by atoms with Gasteiger partial charge in [-0.2, -0.15) is 0 Å². The summed E-state index contributed by atoms with van der Waals surface area (Å²) in [5.74, 6) is 0.315. The van der Waals surface area contributed by atoms with Gasteiger partial charge in [0.05, 0.1) is 0 Å². The fourth-order valence-corrected chi connectivity index (χ4v) is 4.56. The van der Waals surface area contributed by atoms with E-state index in [2.05, 4.69) is 23.2 Å². The molecule has 0 bridgehead atoms. The SMILES string of the molecule is Cc1cccc(NC(=O)N2CCC[C@]3(CCC(=O)N(C4CC4)C3)C2)c1C. The van der Waals surface area contributed by atoms with Gasteiger partial charge in [-0.1, -0.05) is 12.1 Å². The Morgan fingerprint density at radius 1 is 1.19 bits per heavy atom. The average Bonchev–Trinajstić information content (AvgIpc) is 3.46. The van der Waals surface area contributed by atoms with Crippen molar-refractivity contribution in [3.8, 4) is 0 Å². The van der Waals surface area contributed by atoms with Gasteiger partial charge in [-0.3, -0.25) is 4.79 Å². The van der Waals surface area contributed by atoms with Crippen molar-refractivity contribution >= 4 is 17.6 Å². The van der Waals surface area contributed by atoms with Gasteiger partial charge in [-0.15, -0.1) is 0 Å². The highest BCUT2D eigenvalue weighted by Gasteiger charge is 2.46. The third-order valence-corrected chi connectivity index (χ3v) is 6.48. The number of carbonyl (C=O) groups is 2. The molecule has 1 aliphatic carbocycles. The fourth-order valence-electron chi connectivity index (χ4n) is 4.56. The van der Waals surface area contributed by atoms with E-state index >= 15 is 0 Å². The number of urea groups is 1. The van der Waals surface area contributed by atoms with E-state index in [9.17, 15) is 9.59 Å². The second kappa shape index (κ2) is 6.60. The Labute approximate surface area is 155 Å². The average molecular weight is 355 g/mol. The van der Waals surface area contributed by atoms with Crippen molar-refractivity contribution in [3.63, 3.8) is 0 Å². The van der Waals surface area contributed by atoms with Gasteiger partial charge >= 0.3 is 6.03 Å². The van der Waals surface area contributed by atoms with Crippen LogP contribution in [0.1, 0.15) is 49.7 Å².